The van der Waals surface area contributed by atoms with Crippen molar-refractivity contribution in [1.82, 2.24) is 5.32 Å². The Balaban J connectivity index is 2.00. The molecule has 0 aliphatic heterocycles. The predicted molar refractivity (Wildman–Crippen MR) is 100 cm³/mol. The van der Waals surface area contributed by atoms with Gasteiger partial charge in [0.25, 0.3) is 5.91 Å². The third-order valence-corrected chi connectivity index (χ3v) is 3.40. The van der Waals surface area contributed by atoms with Gasteiger partial charge in [-0.15, -0.1) is 0 Å². The fourth-order valence-corrected chi connectivity index (χ4v) is 2.29. The molecule has 6 nitrogen and oxygen atoms in total. The van der Waals surface area contributed by atoms with Gasteiger partial charge in [-0.1, -0.05) is 24.3 Å². The van der Waals surface area contributed by atoms with Gasteiger partial charge < -0.3 is 14.8 Å². The summed E-state index contributed by atoms with van der Waals surface area (Å²) in [6.45, 7) is 5.70. The van der Waals surface area contributed by atoms with E-state index >= 15 is 0 Å². The smallest absolute Gasteiger partial charge is 0.412 e. The summed E-state index contributed by atoms with van der Waals surface area (Å²) < 4.78 is 10.5. The van der Waals surface area contributed by atoms with Crippen LogP contribution in [0.1, 0.15) is 36.7 Å². The van der Waals surface area contributed by atoms with E-state index in [0.717, 1.165) is 5.56 Å². The number of amides is 2. The highest BCUT2D eigenvalue weighted by molar-refractivity contribution is 5.96. The standard InChI is InChI=1S/C20H24N2O4/c1-20(2,3)26-19(24)22-16-10-7-9-14(12-16)18(23)21-13-15-8-5-6-11-17(15)25-4/h5-12H,13H2,1-4H3,(H,21,23)(H,22,24). The lowest BCUT2D eigenvalue weighted by Crippen LogP contribution is -2.27. The van der Waals surface area contributed by atoms with Gasteiger partial charge in [0.1, 0.15) is 11.4 Å². The molecule has 2 rings (SSSR count). The van der Waals surface area contributed by atoms with Crippen LogP contribution in [-0.4, -0.2) is 24.7 Å². The van der Waals surface area contributed by atoms with Crippen molar-refractivity contribution in [2.24, 2.45) is 0 Å². The monoisotopic (exact) mass is 356 g/mol. The van der Waals surface area contributed by atoms with Crippen LogP contribution in [0, 0.1) is 0 Å². The number of hydrogen-bond acceptors (Lipinski definition) is 4. The molecule has 0 radical (unpaired) electrons. The molecule has 0 aliphatic rings. The van der Waals surface area contributed by atoms with Crippen molar-refractivity contribution in [2.45, 2.75) is 32.9 Å². The van der Waals surface area contributed by atoms with Crippen LogP contribution >= 0.6 is 0 Å². The fourth-order valence-electron chi connectivity index (χ4n) is 2.29. The first-order chi connectivity index (χ1) is 12.3. The molecule has 138 valence electrons. The Morgan fingerprint density at radius 1 is 1.04 bits per heavy atom. The molecule has 0 bridgehead atoms. The molecular formula is C20H24N2O4. The largest absolute Gasteiger partial charge is 0.496 e. The topological polar surface area (TPSA) is 76.7 Å². The van der Waals surface area contributed by atoms with E-state index in [9.17, 15) is 9.59 Å². The number of hydrogen-bond donors (Lipinski definition) is 2. The van der Waals surface area contributed by atoms with Crippen molar-refractivity contribution in [3.05, 3.63) is 59.7 Å². The van der Waals surface area contributed by atoms with Gasteiger partial charge in [0.05, 0.1) is 7.11 Å². The molecule has 0 spiro atoms. The first kappa shape index (κ1) is 19.3. The second-order valence-corrected chi connectivity index (χ2v) is 6.70. The Bertz CT molecular complexity index is 781. The molecule has 2 amide bonds. The van der Waals surface area contributed by atoms with Crippen LogP contribution in [0.15, 0.2) is 48.5 Å². The van der Waals surface area contributed by atoms with Gasteiger partial charge in [0, 0.05) is 23.4 Å². The zero-order valence-corrected chi connectivity index (χ0v) is 15.5. The number of nitrogens with one attached hydrogen (secondary N) is 2. The van der Waals surface area contributed by atoms with Crippen molar-refractivity contribution < 1.29 is 19.1 Å². The van der Waals surface area contributed by atoms with Crippen LogP contribution in [0.25, 0.3) is 0 Å². The summed E-state index contributed by atoms with van der Waals surface area (Å²) in [5.41, 5.74) is 1.22. The van der Waals surface area contributed by atoms with E-state index < -0.39 is 11.7 Å². The van der Waals surface area contributed by atoms with Gasteiger partial charge in [-0.2, -0.15) is 0 Å². The SMILES string of the molecule is COc1ccccc1CNC(=O)c1cccc(NC(=O)OC(C)(C)C)c1. The van der Waals surface area contributed by atoms with Crippen LogP contribution in [0.4, 0.5) is 10.5 Å². The van der Waals surface area contributed by atoms with E-state index in [1.54, 1.807) is 52.1 Å². The molecule has 2 aromatic rings. The van der Waals surface area contributed by atoms with Crippen LogP contribution in [0.2, 0.25) is 0 Å². The molecule has 26 heavy (non-hydrogen) atoms. The number of anilines is 1. The first-order valence-electron chi connectivity index (χ1n) is 8.28. The van der Waals surface area contributed by atoms with Crippen molar-refractivity contribution in [1.29, 1.82) is 0 Å². The van der Waals surface area contributed by atoms with Gasteiger partial charge in [-0.25, -0.2) is 4.79 Å². The lowest BCUT2D eigenvalue weighted by molar-refractivity contribution is 0.0635. The molecule has 0 atom stereocenters. The maximum Gasteiger partial charge on any atom is 0.412 e. The van der Waals surface area contributed by atoms with Gasteiger partial charge >= 0.3 is 6.09 Å². The van der Waals surface area contributed by atoms with Crippen LogP contribution < -0.4 is 15.4 Å². The number of carbonyl (C=O) groups is 2. The van der Waals surface area contributed by atoms with Gasteiger partial charge in [-0.05, 0) is 45.0 Å². The highest BCUT2D eigenvalue weighted by atomic mass is 16.6. The van der Waals surface area contributed by atoms with Crippen LogP contribution in [0.3, 0.4) is 0 Å². The van der Waals surface area contributed by atoms with Gasteiger partial charge in [-0.3, -0.25) is 10.1 Å². The van der Waals surface area contributed by atoms with E-state index in [4.69, 9.17) is 9.47 Å². The van der Waals surface area contributed by atoms with E-state index in [1.807, 2.05) is 24.3 Å². The molecule has 0 saturated heterocycles. The summed E-state index contributed by atoms with van der Waals surface area (Å²) in [5.74, 6) is 0.469. The summed E-state index contributed by atoms with van der Waals surface area (Å²) in [6, 6.07) is 14.2. The Morgan fingerprint density at radius 2 is 1.77 bits per heavy atom. The minimum atomic E-state index is -0.589. The quantitative estimate of drug-likeness (QED) is 0.850. The zero-order valence-electron chi connectivity index (χ0n) is 15.5. The average Bonchev–Trinajstić information content (AvgIpc) is 2.58. The maximum atomic E-state index is 12.4. The number of para-hydroxylation sites is 1. The lowest BCUT2D eigenvalue weighted by Gasteiger charge is -2.19. The minimum absolute atomic E-state index is 0.247. The summed E-state index contributed by atoms with van der Waals surface area (Å²) in [4.78, 5) is 24.2. The lowest BCUT2D eigenvalue weighted by atomic mass is 10.1. The van der Waals surface area contributed by atoms with Crippen LogP contribution in [-0.2, 0) is 11.3 Å². The third kappa shape index (κ3) is 5.81. The van der Waals surface area contributed by atoms with Crippen molar-refractivity contribution >= 4 is 17.7 Å². The van der Waals surface area contributed by atoms with E-state index in [-0.39, 0.29) is 5.91 Å². The number of benzene rings is 2. The van der Waals surface area contributed by atoms with Crippen molar-refractivity contribution in [3.63, 3.8) is 0 Å². The third-order valence-electron chi connectivity index (χ3n) is 3.40. The van der Waals surface area contributed by atoms with Crippen molar-refractivity contribution in [2.75, 3.05) is 12.4 Å². The fraction of sp³-hybridized carbons (Fsp3) is 0.300. The van der Waals surface area contributed by atoms with E-state index in [0.29, 0.717) is 23.5 Å². The summed E-state index contributed by atoms with van der Waals surface area (Å²) in [7, 11) is 1.59. The second-order valence-electron chi connectivity index (χ2n) is 6.70. The molecule has 6 heteroatoms. The average molecular weight is 356 g/mol. The predicted octanol–water partition coefficient (Wildman–Crippen LogP) is 3.97. The Kier molecular flexibility index (Phi) is 6.22. The Labute approximate surface area is 153 Å². The highest BCUT2D eigenvalue weighted by Gasteiger charge is 2.16. The molecule has 0 aliphatic carbocycles. The molecule has 2 N–H and O–H groups in total. The first-order valence-corrected chi connectivity index (χ1v) is 8.28. The number of carbonyl (C=O) groups excluding carboxylic acids is 2. The van der Waals surface area contributed by atoms with Gasteiger partial charge in [0.15, 0.2) is 0 Å². The summed E-state index contributed by atoms with van der Waals surface area (Å²) in [6.07, 6.45) is -0.566. The molecule has 0 heterocycles. The molecule has 2 aromatic carbocycles. The number of rotatable bonds is 5. The highest BCUT2D eigenvalue weighted by Crippen LogP contribution is 2.17. The number of methoxy groups -OCH3 is 1. The molecular weight excluding hydrogens is 332 g/mol. The van der Waals surface area contributed by atoms with Crippen LogP contribution in [0.5, 0.6) is 5.75 Å². The van der Waals surface area contributed by atoms with E-state index in [2.05, 4.69) is 10.6 Å². The zero-order chi connectivity index (χ0) is 19.2. The number of ether oxygens (including phenoxy) is 2. The minimum Gasteiger partial charge on any atom is -0.496 e. The Morgan fingerprint density at radius 3 is 2.46 bits per heavy atom. The maximum absolute atomic E-state index is 12.4. The summed E-state index contributed by atoms with van der Waals surface area (Å²) >= 11 is 0. The summed E-state index contributed by atoms with van der Waals surface area (Å²) in [5, 5.41) is 5.47. The molecule has 0 saturated carbocycles. The molecule has 0 aromatic heterocycles. The molecule has 0 fully saturated rings. The molecule has 0 unspecified atom stereocenters. The second kappa shape index (κ2) is 8.38. The van der Waals surface area contributed by atoms with Crippen molar-refractivity contribution in [3.8, 4) is 5.75 Å². The van der Waals surface area contributed by atoms with E-state index in [1.165, 1.54) is 0 Å². The van der Waals surface area contributed by atoms with Gasteiger partial charge in [0.2, 0.25) is 0 Å². The Hall–Kier alpha value is -3.02. The normalized spacial score (nSPS) is 10.8.